The number of carbonyl (C=O) groups is 1. The van der Waals surface area contributed by atoms with Gasteiger partial charge >= 0.3 is 5.97 Å². The highest BCUT2D eigenvalue weighted by atomic mass is 35.5. The Kier molecular flexibility index (Phi) is 7.31. The summed E-state index contributed by atoms with van der Waals surface area (Å²) in [7, 11) is 0. The van der Waals surface area contributed by atoms with Crippen LogP contribution in [0.4, 0.5) is 0 Å². The molecule has 0 saturated carbocycles. The van der Waals surface area contributed by atoms with Crippen LogP contribution < -0.4 is 4.74 Å². The summed E-state index contributed by atoms with van der Waals surface area (Å²) in [6, 6.07) is 18.7. The van der Waals surface area contributed by atoms with Crippen LogP contribution in [-0.4, -0.2) is 26.2 Å². The van der Waals surface area contributed by atoms with Gasteiger partial charge in [0.15, 0.2) is 0 Å². The number of carboxylic acids is 1. The molecule has 0 saturated heterocycles. The molecule has 0 aliphatic heterocycles. The normalized spacial score (nSPS) is 11.2. The van der Waals surface area contributed by atoms with Gasteiger partial charge in [0.25, 0.3) is 0 Å². The Balaban J connectivity index is 1.39. The summed E-state index contributed by atoms with van der Waals surface area (Å²) in [6.45, 7) is 4.09. The Morgan fingerprint density at radius 3 is 2.39 bits per heavy atom. The van der Waals surface area contributed by atoms with E-state index in [9.17, 15) is 9.90 Å². The largest absolute Gasteiger partial charge is 0.489 e. The molecular weight excluding hydrogens is 525 g/mol. The van der Waals surface area contributed by atoms with Crippen LogP contribution in [0, 0.1) is 6.92 Å². The molecule has 0 atom stereocenters. The zero-order valence-corrected chi connectivity index (χ0v) is 22.2. The van der Waals surface area contributed by atoms with Crippen molar-refractivity contribution >= 4 is 40.1 Å². The van der Waals surface area contributed by atoms with Crippen LogP contribution in [0.3, 0.4) is 0 Å². The van der Waals surface area contributed by atoms with E-state index in [1.54, 1.807) is 31.2 Å². The van der Waals surface area contributed by atoms with Gasteiger partial charge < -0.3 is 14.4 Å². The monoisotopic (exact) mass is 547 g/mol. The number of benzene rings is 3. The first-order valence-electron chi connectivity index (χ1n) is 12.0. The van der Waals surface area contributed by atoms with Crippen molar-refractivity contribution in [2.45, 2.75) is 33.3 Å². The third-order valence-electron chi connectivity index (χ3n) is 6.19. The highest BCUT2D eigenvalue weighted by Gasteiger charge is 2.22. The van der Waals surface area contributed by atoms with E-state index in [1.807, 2.05) is 36.4 Å². The summed E-state index contributed by atoms with van der Waals surface area (Å²) in [5.74, 6) is 0.0684. The molecule has 192 valence electrons. The molecule has 1 N–H and O–H groups in total. The molecule has 0 aliphatic carbocycles. The van der Waals surface area contributed by atoms with E-state index >= 15 is 0 Å². The third-order valence-corrected chi connectivity index (χ3v) is 6.82. The third kappa shape index (κ3) is 5.08. The van der Waals surface area contributed by atoms with E-state index in [2.05, 4.69) is 22.0 Å². The first-order valence-corrected chi connectivity index (χ1v) is 12.8. The van der Waals surface area contributed by atoms with E-state index in [4.69, 9.17) is 32.5 Å². The Morgan fingerprint density at radius 2 is 1.71 bits per heavy atom. The van der Waals surface area contributed by atoms with Crippen molar-refractivity contribution in [2.75, 3.05) is 0 Å². The molecule has 2 aromatic heterocycles. The Morgan fingerprint density at radius 1 is 1.00 bits per heavy atom. The summed E-state index contributed by atoms with van der Waals surface area (Å²) in [5, 5.41) is 15.3. The van der Waals surface area contributed by atoms with E-state index in [1.165, 1.54) is 0 Å². The van der Waals surface area contributed by atoms with E-state index in [0.717, 1.165) is 34.3 Å². The van der Waals surface area contributed by atoms with Crippen molar-refractivity contribution in [1.82, 2.24) is 15.1 Å². The lowest BCUT2D eigenvalue weighted by atomic mass is 10.0. The summed E-state index contributed by atoms with van der Waals surface area (Å²) in [6.07, 6.45) is 1.60. The van der Waals surface area contributed by atoms with Crippen molar-refractivity contribution in [3.63, 3.8) is 0 Å². The molecule has 2 heterocycles. The average Bonchev–Trinajstić information content (AvgIpc) is 3.29. The second-order valence-electron chi connectivity index (χ2n) is 8.76. The molecule has 0 amide bonds. The molecule has 7 nitrogen and oxygen atoms in total. The predicted octanol–water partition coefficient (Wildman–Crippen LogP) is 7.80. The molecule has 0 aliphatic rings. The van der Waals surface area contributed by atoms with Crippen LogP contribution in [0.15, 0.2) is 65.2 Å². The van der Waals surface area contributed by atoms with Crippen molar-refractivity contribution in [2.24, 2.45) is 0 Å². The second-order valence-corrected chi connectivity index (χ2v) is 9.58. The maximum absolute atomic E-state index is 11.3. The van der Waals surface area contributed by atoms with Gasteiger partial charge in [-0.2, -0.15) is 0 Å². The molecule has 0 bridgehead atoms. The van der Waals surface area contributed by atoms with Gasteiger partial charge in [0, 0.05) is 23.1 Å². The minimum atomic E-state index is -1.15. The predicted molar refractivity (Wildman–Crippen MR) is 147 cm³/mol. The van der Waals surface area contributed by atoms with Gasteiger partial charge in [0.1, 0.15) is 23.8 Å². The highest BCUT2D eigenvalue weighted by Crippen LogP contribution is 2.37. The zero-order valence-electron chi connectivity index (χ0n) is 20.7. The fourth-order valence-electron chi connectivity index (χ4n) is 4.29. The first-order chi connectivity index (χ1) is 18.4. The fraction of sp³-hybridized carbons (Fsp3) is 0.172. The van der Waals surface area contributed by atoms with Crippen molar-refractivity contribution < 1.29 is 19.2 Å². The van der Waals surface area contributed by atoms with Crippen molar-refractivity contribution in [1.29, 1.82) is 0 Å². The summed E-state index contributed by atoms with van der Waals surface area (Å²) in [4.78, 5) is 19.5. The lowest BCUT2D eigenvalue weighted by Gasteiger charge is -2.11. The van der Waals surface area contributed by atoms with Crippen LogP contribution in [0.1, 0.15) is 41.0 Å². The van der Waals surface area contributed by atoms with Gasteiger partial charge in [-0.25, -0.2) is 14.8 Å². The van der Waals surface area contributed by atoms with E-state index in [0.29, 0.717) is 44.7 Å². The molecule has 0 fully saturated rings. The van der Waals surface area contributed by atoms with Crippen LogP contribution in [0.25, 0.3) is 33.3 Å². The fourth-order valence-corrected chi connectivity index (χ4v) is 4.87. The van der Waals surface area contributed by atoms with E-state index < -0.39 is 5.97 Å². The molecular formula is C29H23Cl2N3O4. The molecule has 38 heavy (non-hydrogen) atoms. The number of hydrogen-bond donors (Lipinski definition) is 1. The number of halogens is 2. The molecule has 0 unspecified atom stereocenters. The Hall–Kier alpha value is -3.94. The summed E-state index contributed by atoms with van der Waals surface area (Å²) >= 11 is 12.9. The molecule has 0 radical (unpaired) electrons. The van der Waals surface area contributed by atoms with E-state index in [-0.39, 0.29) is 12.4 Å². The second kappa shape index (κ2) is 10.8. The van der Waals surface area contributed by atoms with Gasteiger partial charge in [0.2, 0.25) is 5.82 Å². The Bertz CT molecular complexity index is 1630. The quantitative estimate of drug-likeness (QED) is 0.211. The average molecular weight is 548 g/mol. The van der Waals surface area contributed by atoms with Crippen LogP contribution in [0.2, 0.25) is 10.0 Å². The topological polar surface area (TPSA) is 98.3 Å². The van der Waals surface area contributed by atoms with Gasteiger partial charge in [-0.05, 0) is 60.9 Å². The lowest BCUT2D eigenvalue weighted by Crippen LogP contribution is -2.05. The number of carboxylic acid groups (broad SMARTS) is 1. The number of ether oxygens (including phenoxy) is 1. The number of rotatable bonds is 8. The highest BCUT2D eigenvalue weighted by molar-refractivity contribution is 6.39. The number of aromatic carboxylic acids is 1. The number of fused-ring (bicyclic) bond motifs is 1. The zero-order chi connectivity index (χ0) is 26.8. The van der Waals surface area contributed by atoms with Gasteiger partial charge in [-0.1, -0.05) is 59.5 Å². The number of aryl methyl sites for hydroxylation is 2. The lowest BCUT2D eigenvalue weighted by molar-refractivity contribution is 0.0683. The van der Waals surface area contributed by atoms with Gasteiger partial charge in [-0.3, -0.25) is 0 Å². The van der Waals surface area contributed by atoms with Crippen LogP contribution in [-0.2, 0) is 13.0 Å². The maximum Gasteiger partial charge on any atom is 0.373 e. The van der Waals surface area contributed by atoms with Crippen LogP contribution in [0.5, 0.6) is 5.75 Å². The first kappa shape index (κ1) is 25.7. The van der Waals surface area contributed by atoms with Crippen LogP contribution >= 0.6 is 23.2 Å². The molecule has 5 aromatic rings. The summed E-state index contributed by atoms with van der Waals surface area (Å²) in [5.41, 5.74) is 5.16. The number of nitrogens with zero attached hydrogens (tertiary/aromatic N) is 3. The smallest absolute Gasteiger partial charge is 0.373 e. The molecule has 0 spiro atoms. The van der Waals surface area contributed by atoms with Gasteiger partial charge in [0.05, 0.1) is 21.1 Å². The minimum Gasteiger partial charge on any atom is -0.489 e. The summed E-state index contributed by atoms with van der Waals surface area (Å²) < 4.78 is 11.8. The minimum absolute atomic E-state index is 0.209. The maximum atomic E-state index is 11.3. The van der Waals surface area contributed by atoms with Crippen molar-refractivity contribution in [3.8, 4) is 28.1 Å². The van der Waals surface area contributed by atoms with Gasteiger partial charge in [-0.15, -0.1) is 0 Å². The number of hydrogen-bond acceptors (Lipinski definition) is 6. The number of aromatic nitrogens is 3. The van der Waals surface area contributed by atoms with Crippen molar-refractivity contribution in [3.05, 3.63) is 93.6 Å². The molecule has 5 rings (SSSR count). The SMILES string of the molecule is CCCc1onc(-c2c(Cl)cccc2Cl)c1COc1ccc(-c2ccc3nc(C(=O)O)nc(C)c3c2)cc1. The molecule has 9 heteroatoms. The standard InChI is InChI=1S/C29H23Cl2N3O4/c1-3-5-25-21(27(34-38-25)26-22(30)6-4-7-23(26)31)15-37-19-11-8-17(9-12-19)18-10-13-24-20(14-18)16(2)32-28(33-24)29(35)36/h4,6-14H,3,5,15H2,1-2H3,(H,35,36). The Labute approximate surface area is 229 Å². The molecule has 3 aromatic carbocycles.